The van der Waals surface area contributed by atoms with Crippen LogP contribution in [0.3, 0.4) is 0 Å². The standard InChI is InChI=1S/C17H13NO2/c19-17-8-9-18-15-7-6-14(10-12(15)11-16(17)18)20-13-4-2-1-3-5-13/h1-7,10-11H,8-9H2. The quantitative estimate of drug-likeness (QED) is 0.699. The number of carbonyl (C=O) groups excluding carboxylic acids is 1. The number of rotatable bonds is 2. The molecule has 3 nitrogen and oxygen atoms in total. The van der Waals surface area contributed by atoms with Crippen LogP contribution in [-0.4, -0.2) is 10.4 Å². The fraction of sp³-hybridized carbons (Fsp3) is 0.118. The summed E-state index contributed by atoms with van der Waals surface area (Å²) >= 11 is 0. The molecular weight excluding hydrogens is 250 g/mol. The molecule has 4 rings (SSSR count). The predicted octanol–water partition coefficient (Wildman–Crippen LogP) is 4.02. The number of aryl methyl sites for hydroxylation is 1. The van der Waals surface area contributed by atoms with Gasteiger partial charge in [0.2, 0.25) is 0 Å². The van der Waals surface area contributed by atoms with Gasteiger partial charge in [-0.2, -0.15) is 0 Å². The molecular formula is C17H13NO2. The fourth-order valence-electron chi connectivity index (χ4n) is 2.75. The van der Waals surface area contributed by atoms with Crippen molar-refractivity contribution in [2.45, 2.75) is 13.0 Å². The van der Waals surface area contributed by atoms with Crippen molar-refractivity contribution in [3.63, 3.8) is 0 Å². The monoisotopic (exact) mass is 263 g/mol. The minimum atomic E-state index is 0.228. The minimum Gasteiger partial charge on any atom is -0.457 e. The van der Waals surface area contributed by atoms with E-state index in [1.54, 1.807) is 0 Å². The summed E-state index contributed by atoms with van der Waals surface area (Å²) in [5.41, 5.74) is 1.92. The average molecular weight is 263 g/mol. The van der Waals surface area contributed by atoms with Crippen molar-refractivity contribution >= 4 is 16.7 Å². The van der Waals surface area contributed by atoms with Gasteiger partial charge in [-0.1, -0.05) is 18.2 Å². The van der Waals surface area contributed by atoms with E-state index in [0.717, 1.165) is 34.6 Å². The van der Waals surface area contributed by atoms with E-state index in [4.69, 9.17) is 4.74 Å². The average Bonchev–Trinajstić information content (AvgIpc) is 3.00. The number of Topliss-reactive ketones (excluding diaryl/α,β-unsaturated/α-hetero) is 1. The highest BCUT2D eigenvalue weighted by atomic mass is 16.5. The first-order valence-electron chi connectivity index (χ1n) is 6.71. The summed E-state index contributed by atoms with van der Waals surface area (Å²) < 4.78 is 7.91. The lowest BCUT2D eigenvalue weighted by atomic mass is 10.2. The first-order valence-corrected chi connectivity index (χ1v) is 6.71. The Balaban J connectivity index is 1.75. The van der Waals surface area contributed by atoms with E-state index in [1.807, 2.05) is 54.6 Å². The largest absolute Gasteiger partial charge is 0.457 e. The molecule has 1 aromatic heterocycles. The third-order valence-corrected chi connectivity index (χ3v) is 3.70. The maximum atomic E-state index is 11.8. The first-order chi connectivity index (χ1) is 9.81. The normalized spacial score (nSPS) is 13.7. The number of ether oxygens (including phenoxy) is 1. The molecule has 1 aliphatic heterocycles. The summed E-state index contributed by atoms with van der Waals surface area (Å²) in [4.78, 5) is 11.8. The van der Waals surface area contributed by atoms with Crippen molar-refractivity contribution in [3.05, 3.63) is 60.3 Å². The summed E-state index contributed by atoms with van der Waals surface area (Å²) in [5, 5.41) is 1.06. The third kappa shape index (κ3) is 1.71. The van der Waals surface area contributed by atoms with Crippen LogP contribution in [0.15, 0.2) is 54.6 Å². The van der Waals surface area contributed by atoms with E-state index in [9.17, 15) is 4.79 Å². The fourth-order valence-corrected chi connectivity index (χ4v) is 2.75. The molecule has 3 aromatic rings. The van der Waals surface area contributed by atoms with E-state index in [2.05, 4.69) is 4.57 Å². The van der Waals surface area contributed by atoms with E-state index in [1.165, 1.54) is 0 Å². The number of benzene rings is 2. The number of ketones is 1. The van der Waals surface area contributed by atoms with E-state index >= 15 is 0 Å². The Hall–Kier alpha value is -2.55. The van der Waals surface area contributed by atoms with Crippen LogP contribution >= 0.6 is 0 Å². The number of aromatic nitrogens is 1. The van der Waals surface area contributed by atoms with Gasteiger partial charge < -0.3 is 9.30 Å². The van der Waals surface area contributed by atoms with Crippen LogP contribution in [-0.2, 0) is 6.54 Å². The van der Waals surface area contributed by atoms with Crippen LogP contribution in [0.4, 0.5) is 0 Å². The van der Waals surface area contributed by atoms with Gasteiger partial charge >= 0.3 is 0 Å². The maximum Gasteiger partial charge on any atom is 0.181 e. The number of fused-ring (bicyclic) bond motifs is 3. The van der Waals surface area contributed by atoms with Crippen molar-refractivity contribution < 1.29 is 9.53 Å². The molecule has 0 bridgehead atoms. The van der Waals surface area contributed by atoms with E-state index in [0.29, 0.717) is 6.42 Å². The molecule has 0 spiro atoms. The molecule has 3 heteroatoms. The second-order valence-corrected chi connectivity index (χ2v) is 4.99. The summed E-state index contributed by atoms with van der Waals surface area (Å²) in [6, 6.07) is 17.6. The Labute approximate surface area is 116 Å². The third-order valence-electron chi connectivity index (χ3n) is 3.70. The summed E-state index contributed by atoms with van der Waals surface area (Å²) in [7, 11) is 0. The molecule has 0 saturated carbocycles. The van der Waals surface area contributed by atoms with Gasteiger partial charge in [0.25, 0.3) is 0 Å². The topological polar surface area (TPSA) is 31.2 Å². The van der Waals surface area contributed by atoms with Crippen LogP contribution < -0.4 is 4.74 Å². The van der Waals surface area contributed by atoms with Gasteiger partial charge in [0.05, 0.1) is 5.69 Å². The lowest BCUT2D eigenvalue weighted by Crippen LogP contribution is -1.91. The first kappa shape index (κ1) is 11.3. The Morgan fingerprint density at radius 2 is 1.80 bits per heavy atom. The number of nitrogens with zero attached hydrogens (tertiary/aromatic N) is 1. The number of carbonyl (C=O) groups is 1. The zero-order chi connectivity index (χ0) is 13.5. The van der Waals surface area contributed by atoms with Gasteiger partial charge in [-0.25, -0.2) is 0 Å². The Morgan fingerprint density at radius 1 is 0.950 bits per heavy atom. The molecule has 0 aliphatic carbocycles. The highest BCUT2D eigenvalue weighted by Crippen LogP contribution is 2.30. The minimum absolute atomic E-state index is 0.228. The molecule has 0 atom stereocenters. The van der Waals surface area contributed by atoms with Gasteiger partial charge in [0.1, 0.15) is 11.5 Å². The van der Waals surface area contributed by atoms with Crippen LogP contribution in [0.1, 0.15) is 16.9 Å². The summed E-state index contributed by atoms with van der Waals surface area (Å²) in [6.45, 7) is 0.788. The molecule has 2 aromatic carbocycles. The van der Waals surface area contributed by atoms with Crippen LogP contribution in [0.2, 0.25) is 0 Å². The molecule has 0 N–H and O–H groups in total. The van der Waals surface area contributed by atoms with Gasteiger partial charge in [-0.05, 0) is 36.4 Å². The molecule has 20 heavy (non-hydrogen) atoms. The second-order valence-electron chi connectivity index (χ2n) is 4.99. The molecule has 98 valence electrons. The molecule has 0 radical (unpaired) electrons. The molecule has 0 fully saturated rings. The van der Waals surface area contributed by atoms with Crippen LogP contribution in [0, 0.1) is 0 Å². The zero-order valence-corrected chi connectivity index (χ0v) is 10.9. The lowest BCUT2D eigenvalue weighted by molar-refractivity contribution is 0.0994. The van der Waals surface area contributed by atoms with Gasteiger partial charge in [-0.15, -0.1) is 0 Å². The second kappa shape index (κ2) is 4.23. The van der Waals surface area contributed by atoms with Crippen LogP contribution in [0.25, 0.3) is 10.9 Å². The van der Waals surface area contributed by atoms with Crippen molar-refractivity contribution in [2.75, 3.05) is 0 Å². The Kier molecular flexibility index (Phi) is 2.39. The SMILES string of the molecule is O=C1CCn2c1cc1cc(Oc3ccccc3)ccc12. The Morgan fingerprint density at radius 3 is 2.65 bits per heavy atom. The van der Waals surface area contributed by atoms with Crippen LogP contribution in [0.5, 0.6) is 11.5 Å². The molecule has 0 saturated heterocycles. The van der Waals surface area contributed by atoms with Crippen molar-refractivity contribution in [2.24, 2.45) is 0 Å². The highest BCUT2D eigenvalue weighted by molar-refractivity contribution is 6.02. The van der Waals surface area contributed by atoms with Gasteiger partial charge in [-0.3, -0.25) is 4.79 Å². The van der Waals surface area contributed by atoms with Crippen molar-refractivity contribution in [1.82, 2.24) is 4.57 Å². The zero-order valence-electron chi connectivity index (χ0n) is 10.9. The number of hydrogen-bond acceptors (Lipinski definition) is 2. The molecule has 2 heterocycles. The van der Waals surface area contributed by atoms with Gasteiger partial charge in [0, 0.05) is 23.9 Å². The van der Waals surface area contributed by atoms with E-state index in [-0.39, 0.29) is 5.78 Å². The van der Waals surface area contributed by atoms with Gasteiger partial charge in [0.15, 0.2) is 5.78 Å². The molecule has 1 aliphatic rings. The predicted molar refractivity (Wildman–Crippen MR) is 77.4 cm³/mol. The van der Waals surface area contributed by atoms with Crippen molar-refractivity contribution in [1.29, 1.82) is 0 Å². The van der Waals surface area contributed by atoms with Crippen molar-refractivity contribution in [3.8, 4) is 11.5 Å². The summed E-state index contributed by atoms with van der Waals surface area (Å²) in [5.74, 6) is 1.84. The molecule has 0 unspecified atom stereocenters. The highest BCUT2D eigenvalue weighted by Gasteiger charge is 2.21. The molecule has 0 amide bonds. The summed E-state index contributed by atoms with van der Waals surface area (Å²) in [6.07, 6.45) is 0.619. The number of hydrogen-bond donors (Lipinski definition) is 0. The Bertz CT molecular complexity index is 802. The maximum absolute atomic E-state index is 11.8. The smallest absolute Gasteiger partial charge is 0.181 e. The lowest BCUT2D eigenvalue weighted by Gasteiger charge is -2.06. The van der Waals surface area contributed by atoms with E-state index < -0.39 is 0 Å². The number of para-hydroxylation sites is 1.